The number of ether oxygens (including phenoxy) is 1. The van der Waals surface area contributed by atoms with Gasteiger partial charge in [0.25, 0.3) is 5.91 Å². The van der Waals surface area contributed by atoms with Gasteiger partial charge in [-0.2, -0.15) is 13.2 Å². The van der Waals surface area contributed by atoms with Crippen LogP contribution >= 0.6 is 11.6 Å². The van der Waals surface area contributed by atoms with Crippen molar-refractivity contribution in [1.82, 2.24) is 0 Å². The first-order valence-electron chi connectivity index (χ1n) is 9.84. The van der Waals surface area contributed by atoms with Crippen molar-refractivity contribution in [3.63, 3.8) is 0 Å². The number of halogens is 4. The first-order valence-corrected chi connectivity index (χ1v) is 12.1. The predicted molar refractivity (Wildman–Crippen MR) is 124 cm³/mol. The standard InChI is InChI=1S/C23H20ClF3N2O4S/c1-34(31,32)29(14-16-2-6-18(24)7-3-16)20-10-12-21(13-11-20)33-15-22(30)28-19-8-4-17(5-9-19)23(25,26)27/h2-13H,14-15H2,1H3,(H,28,30). The molecule has 0 saturated heterocycles. The molecule has 0 unspecified atom stereocenters. The minimum Gasteiger partial charge on any atom is -0.484 e. The summed E-state index contributed by atoms with van der Waals surface area (Å²) in [6.45, 7) is -0.285. The summed E-state index contributed by atoms with van der Waals surface area (Å²) in [5, 5.41) is 2.98. The van der Waals surface area contributed by atoms with Crippen molar-refractivity contribution in [3.8, 4) is 5.75 Å². The first kappa shape index (κ1) is 25.4. The molecule has 0 aliphatic rings. The van der Waals surface area contributed by atoms with Gasteiger partial charge in [0, 0.05) is 10.7 Å². The normalized spacial score (nSPS) is 11.7. The number of amides is 1. The van der Waals surface area contributed by atoms with Crippen LogP contribution in [0.25, 0.3) is 0 Å². The fourth-order valence-electron chi connectivity index (χ4n) is 2.95. The van der Waals surface area contributed by atoms with Gasteiger partial charge in [0.05, 0.1) is 24.1 Å². The van der Waals surface area contributed by atoms with Crippen LogP contribution in [0.2, 0.25) is 5.02 Å². The number of hydrogen-bond donors (Lipinski definition) is 1. The third-order valence-electron chi connectivity index (χ3n) is 4.63. The van der Waals surface area contributed by atoms with Crippen LogP contribution in [0.4, 0.5) is 24.5 Å². The van der Waals surface area contributed by atoms with Crippen molar-refractivity contribution in [2.24, 2.45) is 0 Å². The molecule has 3 rings (SSSR count). The van der Waals surface area contributed by atoms with E-state index in [1.165, 1.54) is 16.4 Å². The summed E-state index contributed by atoms with van der Waals surface area (Å²) >= 11 is 5.88. The van der Waals surface area contributed by atoms with E-state index in [0.717, 1.165) is 36.1 Å². The maximum absolute atomic E-state index is 12.6. The van der Waals surface area contributed by atoms with Crippen LogP contribution in [-0.4, -0.2) is 27.2 Å². The molecule has 0 aliphatic carbocycles. The van der Waals surface area contributed by atoms with E-state index >= 15 is 0 Å². The molecule has 1 amide bonds. The molecule has 0 heterocycles. The summed E-state index contributed by atoms with van der Waals surface area (Å²) in [5.41, 5.74) is 0.526. The lowest BCUT2D eigenvalue weighted by Gasteiger charge is -2.23. The molecule has 0 radical (unpaired) electrons. The van der Waals surface area contributed by atoms with Gasteiger partial charge in [0.1, 0.15) is 5.75 Å². The Labute approximate surface area is 200 Å². The number of benzene rings is 3. The lowest BCUT2D eigenvalue weighted by atomic mass is 10.2. The number of nitrogens with one attached hydrogen (secondary N) is 1. The van der Waals surface area contributed by atoms with E-state index in [2.05, 4.69) is 5.32 Å². The van der Waals surface area contributed by atoms with Crippen molar-refractivity contribution in [3.05, 3.63) is 88.9 Å². The van der Waals surface area contributed by atoms with E-state index in [4.69, 9.17) is 16.3 Å². The number of nitrogens with zero attached hydrogens (tertiary/aromatic N) is 1. The summed E-state index contributed by atoms with van der Waals surface area (Å²) in [6, 6.07) is 16.9. The number of hydrogen-bond acceptors (Lipinski definition) is 4. The van der Waals surface area contributed by atoms with Gasteiger partial charge in [-0.1, -0.05) is 23.7 Å². The molecule has 0 saturated carbocycles. The summed E-state index contributed by atoms with van der Waals surface area (Å²) in [7, 11) is -3.59. The average Bonchev–Trinajstić information content (AvgIpc) is 2.77. The van der Waals surface area contributed by atoms with E-state index < -0.39 is 27.7 Å². The molecule has 3 aromatic carbocycles. The Balaban J connectivity index is 1.60. The fraction of sp³-hybridized carbons (Fsp3) is 0.174. The highest BCUT2D eigenvalue weighted by Gasteiger charge is 2.30. The zero-order valence-electron chi connectivity index (χ0n) is 17.8. The Kier molecular flexibility index (Phi) is 7.73. The highest BCUT2D eigenvalue weighted by atomic mass is 35.5. The van der Waals surface area contributed by atoms with Crippen LogP contribution in [0, 0.1) is 0 Å². The molecule has 0 atom stereocenters. The summed E-state index contributed by atoms with van der Waals surface area (Å²) < 4.78 is 69.1. The maximum Gasteiger partial charge on any atom is 0.416 e. The molecular weight excluding hydrogens is 493 g/mol. The van der Waals surface area contributed by atoms with E-state index in [1.807, 2.05) is 0 Å². The zero-order chi connectivity index (χ0) is 24.9. The fourth-order valence-corrected chi connectivity index (χ4v) is 3.97. The third-order valence-corrected chi connectivity index (χ3v) is 6.02. The van der Waals surface area contributed by atoms with E-state index in [0.29, 0.717) is 16.5 Å². The number of carbonyl (C=O) groups is 1. The minimum atomic E-state index is -4.46. The van der Waals surface area contributed by atoms with Crippen LogP contribution in [0.1, 0.15) is 11.1 Å². The van der Waals surface area contributed by atoms with Crippen LogP contribution in [0.3, 0.4) is 0 Å². The molecule has 0 bridgehead atoms. The molecule has 6 nitrogen and oxygen atoms in total. The monoisotopic (exact) mass is 512 g/mol. The van der Waals surface area contributed by atoms with Gasteiger partial charge >= 0.3 is 6.18 Å². The molecule has 0 fully saturated rings. The van der Waals surface area contributed by atoms with Crippen LogP contribution in [0.15, 0.2) is 72.8 Å². The quantitative estimate of drug-likeness (QED) is 0.442. The Bertz CT molecular complexity index is 1230. The van der Waals surface area contributed by atoms with Gasteiger partial charge in [-0.05, 0) is 66.2 Å². The lowest BCUT2D eigenvalue weighted by Crippen LogP contribution is -2.29. The minimum absolute atomic E-state index is 0.103. The van der Waals surface area contributed by atoms with Crippen LogP contribution in [0.5, 0.6) is 5.75 Å². The zero-order valence-corrected chi connectivity index (χ0v) is 19.4. The Morgan fingerprint density at radius 3 is 2.09 bits per heavy atom. The van der Waals surface area contributed by atoms with Gasteiger partial charge in [-0.25, -0.2) is 8.42 Å². The predicted octanol–water partition coefficient (Wildman–Crippen LogP) is 5.34. The van der Waals surface area contributed by atoms with Gasteiger partial charge in [0.15, 0.2) is 6.61 Å². The molecule has 3 aromatic rings. The van der Waals surface area contributed by atoms with Crippen molar-refractivity contribution in [2.75, 3.05) is 22.5 Å². The SMILES string of the molecule is CS(=O)(=O)N(Cc1ccc(Cl)cc1)c1ccc(OCC(=O)Nc2ccc(C(F)(F)F)cc2)cc1. The van der Waals surface area contributed by atoms with E-state index in [9.17, 15) is 26.4 Å². The molecule has 11 heteroatoms. The molecular formula is C23H20ClF3N2O4S. The van der Waals surface area contributed by atoms with Crippen molar-refractivity contribution in [2.45, 2.75) is 12.7 Å². The van der Waals surface area contributed by atoms with Crippen molar-refractivity contribution >= 4 is 38.9 Å². The average molecular weight is 513 g/mol. The van der Waals surface area contributed by atoms with E-state index in [-0.39, 0.29) is 18.8 Å². The molecule has 180 valence electrons. The third kappa shape index (κ3) is 7.13. The highest BCUT2D eigenvalue weighted by Crippen LogP contribution is 2.30. The first-order chi connectivity index (χ1) is 15.9. The molecule has 0 spiro atoms. The maximum atomic E-state index is 12.6. The van der Waals surface area contributed by atoms with Crippen LogP contribution < -0.4 is 14.4 Å². The second kappa shape index (κ2) is 10.4. The Morgan fingerprint density at radius 2 is 1.56 bits per heavy atom. The van der Waals surface area contributed by atoms with Gasteiger partial charge in [-0.3, -0.25) is 9.10 Å². The highest BCUT2D eigenvalue weighted by molar-refractivity contribution is 7.92. The lowest BCUT2D eigenvalue weighted by molar-refractivity contribution is -0.137. The summed E-state index contributed by atoms with van der Waals surface area (Å²) in [4.78, 5) is 12.0. The van der Waals surface area contributed by atoms with Crippen molar-refractivity contribution in [1.29, 1.82) is 0 Å². The van der Waals surface area contributed by atoms with Crippen LogP contribution in [-0.2, 0) is 27.5 Å². The Hall–Kier alpha value is -3.24. The molecule has 0 aromatic heterocycles. The van der Waals surface area contributed by atoms with Gasteiger partial charge < -0.3 is 10.1 Å². The summed E-state index contributed by atoms with van der Waals surface area (Å²) in [6.07, 6.45) is -3.36. The summed E-state index contributed by atoms with van der Waals surface area (Å²) in [5.74, 6) is -0.254. The van der Waals surface area contributed by atoms with Gasteiger partial charge in [-0.15, -0.1) is 0 Å². The van der Waals surface area contributed by atoms with Crippen molar-refractivity contribution < 1.29 is 31.1 Å². The Morgan fingerprint density at radius 1 is 0.971 bits per heavy atom. The van der Waals surface area contributed by atoms with Gasteiger partial charge in [0.2, 0.25) is 10.0 Å². The largest absolute Gasteiger partial charge is 0.484 e. The van der Waals surface area contributed by atoms with E-state index in [1.54, 1.807) is 36.4 Å². The number of carbonyl (C=O) groups excluding carboxylic acids is 1. The number of sulfonamides is 1. The molecule has 34 heavy (non-hydrogen) atoms. The molecule has 0 aliphatic heterocycles. The number of alkyl halides is 3. The number of rotatable bonds is 8. The number of anilines is 2. The topological polar surface area (TPSA) is 75.7 Å². The smallest absolute Gasteiger partial charge is 0.416 e. The second-order valence-corrected chi connectivity index (χ2v) is 9.65. The molecule has 1 N–H and O–H groups in total. The second-order valence-electron chi connectivity index (χ2n) is 7.30.